The van der Waals surface area contributed by atoms with Crippen molar-refractivity contribution in [3.8, 4) is 0 Å². The predicted octanol–water partition coefficient (Wildman–Crippen LogP) is -0.160. The third-order valence-electron chi connectivity index (χ3n) is 3.82. The first-order valence-electron chi connectivity index (χ1n) is 6.12. The Morgan fingerprint density at radius 2 is 2.18 bits per heavy atom. The fourth-order valence-corrected chi connectivity index (χ4v) is 3.11. The molecule has 1 heterocycles. The topological polar surface area (TPSA) is 95.7 Å². The molecule has 1 saturated carbocycles. The van der Waals surface area contributed by atoms with Crippen molar-refractivity contribution in [3.63, 3.8) is 0 Å². The zero-order valence-corrected chi connectivity index (χ0v) is 9.76. The van der Waals surface area contributed by atoms with Gasteiger partial charge in [0, 0.05) is 19.6 Å². The number of carboxylic acid groups (broad SMARTS) is 1. The fourth-order valence-electron chi connectivity index (χ4n) is 3.11. The molecule has 96 valence electrons. The van der Waals surface area contributed by atoms with Crippen molar-refractivity contribution in [3.05, 3.63) is 0 Å². The molecule has 3 atom stereocenters. The number of rotatable bonds is 3. The van der Waals surface area contributed by atoms with Gasteiger partial charge in [0.1, 0.15) is 6.04 Å². The Balaban J connectivity index is 2.06. The number of nitrogens with two attached hydrogens (primary N) is 1. The molecular weight excluding hydrogens is 222 g/mol. The summed E-state index contributed by atoms with van der Waals surface area (Å²) in [4.78, 5) is 24.6. The summed E-state index contributed by atoms with van der Waals surface area (Å²) in [5.41, 5.74) is 5.31. The number of carboxylic acids is 1. The van der Waals surface area contributed by atoms with Gasteiger partial charge < -0.3 is 21.1 Å². The first-order chi connectivity index (χ1) is 8.15. The van der Waals surface area contributed by atoms with E-state index in [1.54, 1.807) is 0 Å². The first-order valence-corrected chi connectivity index (χ1v) is 6.12. The molecule has 1 saturated heterocycles. The second kappa shape index (κ2) is 4.91. The maximum absolute atomic E-state index is 11.8. The summed E-state index contributed by atoms with van der Waals surface area (Å²) in [6.07, 6.45) is 3.04. The highest BCUT2D eigenvalue weighted by atomic mass is 16.4. The SMILES string of the molecule is NCCNC(=O)N1CC2CCCC2C1C(=O)O. The van der Waals surface area contributed by atoms with Crippen LogP contribution in [0.5, 0.6) is 0 Å². The summed E-state index contributed by atoms with van der Waals surface area (Å²) in [5.74, 6) is -0.391. The van der Waals surface area contributed by atoms with Crippen molar-refractivity contribution in [2.45, 2.75) is 25.3 Å². The third-order valence-corrected chi connectivity index (χ3v) is 3.82. The normalized spacial score (nSPS) is 31.4. The molecule has 1 aliphatic heterocycles. The smallest absolute Gasteiger partial charge is 0.326 e. The first kappa shape index (κ1) is 12.2. The predicted molar refractivity (Wildman–Crippen MR) is 61.4 cm³/mol. The summed E-state index contributed by atoms with van der Waals surface area (Å²) in [7, 11) is 0. The average Bonchev–Trinajstić information content (AvgIpc) is 2.83. The van der Waals surface area contributed by atoms with E-state index < -0.39 is 12.0 Å². The third kappa shape index (κ3) is 2.22. The van der Waals surface area contributed by atoms with Gasteiger partial charge in [0.05, 0.1) is 0 Å². The van der Waals surface area contributed by atoms with Crippen LogP contribution < -0.4 is 11.1 Å². The van der Waals surface area contributed by atoms with Crippen LogP contribution in [0.25, 0.3) is 0 Å². The Hall–Kier alpha value is -1.30. The Morgan fingerprint density at radius 1 is 1.41 bits per heavy atom. The van der Waals surface area contributed by atoms with Crippen LogP contribution in [0.4, 0.5) is 4.79 Å². The fraction of sp³-hybridized carbons (Fsp3) is 0.818. The zero-order valence-electron chi connectivity index (χ0n) is 9.76. The van der Waals surface area contributed by atoms with Crippen LogP contribution in [-0.2, 0) is 4.79 Å². The van der Waals surface area contributed by atoms with Gasteiger partial charge >= 0.3 is 12.0 Å². The van der Waals surface area contributed by atoms with Crippen LogP contribution in [0.3, 0.4) is 0 Å². The summed E-state index contributed by atoms with van der Waals surface area (Å²) in [5, 5.41) is 11.9. The van der Waals surface area contributed by atoms with Crippen molar-refractivity contribution in [1.29, 1.82) is 0 Å². The molecule has 2 rings (SSSR count). The lowest BCUT2D eigenvalue weighted by Crippen LogP contribution is -2.48. The van der Waals surface area contributed by atoms with Crippen LogP contribution in [-0.4, -0.2) is 47.7 Å². The summed E-state index contributed by atoms with van der Waals surface area (Å²) in [6.45, 7) is 1.32. The van der Waals surface area contributed by atoms with Gasteiger partial charge in [-0.3, -0.25) is 0 Å². The largest absolute Gasteiger partial charge is 0.480 e. The Labute approximate surface area is 100 Å². The molecule has 0 aromatic rings. The number of nitrogens with zero attached hydrogens (tertiary/aromatic N) is 1. The van der Waals surface area contributed by atoms with Crippen molar-refractivity contribution >= 4 is 12.0 Å². The maximum atomic E-state index is 11.8. The van der Waals surface area contributed by atoms with Gasteiger partial charge in [0.2, 0.25) is 0 Å². The Kier molecular flexibility index (Phi) is 3.51. The summed E-state index contributed by atoms with van der Waals surface area (Å²) < 4.78 is 0. The molecule has 2 amide bonds. The molecule has 0 bridgehead atoms. The highest BCUT2D eigenvalue weighted by molar-refractivity contribution is 5.83. The summed E-state index contributed by atoms with van der Waals surface area (Å²) >= 11 is 0. The molecule has 17 heavy (non-hydrogen) atoms. The minimum Gasteiger partial charge on any atom is -0.480 e. The number of fused-ring (bicyclic) bond motifs is 1. The van der Waals surface area contributed by atoms with E-state index in [1.165, 1.54) is 4.90 Å². The summed E-state index contributed by atoms with van der Waals surface area (Å²) in [6, 6.07) is -0.947. The van der Waals surface area contributed by atoms with Crippen LogP contribution >= 0.6 is 0 Å². The van der Waals surface area contributed by atoms with Crippen molar-refractivity contribution in [2.24, 2.45) is 17.6 Å². The number of nitrogens with one attached hydrogen (secondary N) is 1. The standard InChI is InChI=1S/C11H19N3O3/c12-4-5-13-11(17)14-6-7-2-1-3-8(7)9(14)10(15)16/h7-9H,1-6,12H2,(H,13,17)(H,15,16). The van der Waals surface area contributed by atoms with E-state index in [2.05, 4.69) is 5.32 Å². The molecule has 6 nitrogen and oxygen atoms in total. The monoisotopic (exact) mass is 241 g/mol. The van der Waals surface area contributed by atoms with Crippen LogP contribution in [0.1, 0.15) is 19.3 Å². The molecule has 2 aliphatic rings. The van der Waals surface area contributed by atoms with Crippen LogP contribution in [0.2, 0.25) is 0 Å². The number of carbonyl (C=O) groups is 2. The molecule has 0 aromatic carbocycles. The molecule has 0 spiro atoms. The molecular formula is C11H19N3O3. The number of likely N-dealkylation sites (tertiary alicyclic amines) is 1. The van der Waals surface area contributed by atoms with Gasteiger partial charge in [0.15, 0.2) is 0 Å². The maximum Gasteiger partial charge on any atom is 0.326 e. The van der Waals surface area contributed by atoms with E-state index >= 15 is 0 Å². The minimum absolute atomic E-state index is 0.135. The molecule has 0 aromatic heterocycles. The van der Waals surface area contributed by atoms with Gasteiger partial charge in [-0.2, -0.15) is 0 Å². The molecule has 3 unspecified atom stereocenters. The van der Waals surface area contributed by atoms with E-state index in [0.717, 1.165) is 19.3 Å². The van der Waals surface area contributed by atoms with Gasteiger partial charge in [-0.05, 0) is 24.7 Å². The second-order valence-corrected chi connectivity index (χ2v) is 4.81. The van der Waals surface area contributed by atoms with Crippen molar-refractivity contribution in [2.75, 3.05) is 19.6 Å². The number of aliphatic carboxylic acids is 1. The van der Waals surface area contributed by atoms with E-state index in [9.17, 15) is 14.7 Å². The van der Waals surface area contributed by atoms with E-state index in [1.807, 2.05) is 0 Å². The number of hydrogen-bond acceptors (Lipinski definition) is 3. The van der Waals surface area contributed by atoms with Gasteiger partial charge in [0.25, 0.3) is 0 Å². The van der Waals surface area contributed by atoms with Gasteiger partial charge in [-0.25, -0.2) is 9.59 Å². The van der Waals surface area contributed by atoms with Gasteiger partial charge in [-0.1, -0.05) is 6.42 Å². The van der Waals surface area contributed by atoms with Crippen molar-refractivity contribution in [1.82, 2.24) is 10.2 Å². The Morgan fingerprint density at radius 3 is 2.82 bits per heavy atom. The highest BCUT2D eigenvalue weighted by Crippen LogP contribution is 2.42. The number of carbonyl (C=O) groups excluding carboxylic acids is 1. The van der Waals surface area contributed by atoms with E-state index in [-0.39, 0.29) is 11.9 Å². The lowest BCUT2D eigenvalue weighted by molar-refractivity contribution is -0.142. The average molecular weight is 241 g/mol. The second-order valence-electron chi connectivity index (χ2n) is 4.81. The van der Waals surface area contributed by atoms with Crippen LogP contribution in [0.15, 0.2) is 0 Å². The molecule has 4 N–H and O–H groups in total. The lowest BCUT2D eigenvalue weighted by Gasteiger charge is -2.24. The van der Waals surface area contributed by atoms with Gasteiger partial charge in [-0.15, -0.1) is 0 Å². The number of urea groups is 1. The minimum atomic E-state index is -0.887. The number of hydrogen-bond donors (Lipinski definition) is 3. The highest BCUT2D eigenvalue weighted by Gasteiger charge is 2.49. The molecule has 2 fully saturated rings. The quantitative estimate of drug-likeness (QED) is 0.639. The Bertz CT molecular complexity index is 321. The van der Waals surface area contributed by atoms with E-state index in [4.69, 9.17) is 5.73 Å². The molecule has 6 heteroatoms. The van der Waals surface area contributed by atoms with Crippen molar-refractivity contribution < 1.29 is 14.7 Å². The molecule has 0 radical (unpaired) electrons. The lowest BCUT2D eigenvalue weighted by atomic mass is 9.94. The zero-order chi connectivity index (χ0) is 12.4. The van der Waals surface area contributed by atoms with E-state index in [0.29, 0.717) is 25.6 Å². The van der Waals surface area contributed by atoms with Crippen LogP contribution in [0, 0.1) is 11.8 Å². The number of amides is 2. The molecule has 1 aliphatic carbocycles.